The number of hydrogen-bond acceptors (Lipinski definition) is 4. The van der Waals surface area contributed by atoms with Crippen molar-refractivity contribution < 1.29 is 17.9 Å². The Morgan fingerprint density at radius 3 is 2.63 bits per heavy atom. The molecule has 2 heterocycles. The molecule has 0 saturated heterocycles. The van der Waals surface area contributed by atoms with Crippen LogP contribution in [0.1, 0.15) is 11.3 Å². The van der Waals surface area contributed by atoms with Crippen LogP contribution in [0.5, 0.6) is 5.75 Å². The first kappa shape index (κ1) is 17.6. The number of amides is 1. The molecule has 0 atom stereocenters. The molecule has 0 radical (unpaired) electrons. The number of ether oxygens (including phenoxy) is 1. The fraction of sp³-hybridized carbons (Fsp3) is 0.250. The van der Waals surface area contributed by atoms with E-state index >= 15 is 0 Å². The second kappa shape index (κ2) is 6.74. The molecule has 1 aliphatic heterocycles. The molecule has 0 saturated carbocycles. The topological polar surface area (TPSA) is 79.5 Å². The van der Waals surface area contributed by atoms with Crippen LogP contribution in [0.2, 0.25) is 0 Å². The lowest BCUT2D eigenvalue weighted by atomic mass is 10.0. The van der Waals surface area contributed by atoms with Crippen molar-refractivity contribution in [3.05, 3.63) is 59.8 Å². The quantitative estimate of drug-likeness (QED) is 0.750. The highest BCUT2D eigenvalue weighted by Gasteiger charge is 2.24. The number of hydrogen-bond donors (Lipinski definition) is 1. The number of para-hydroxylation sites is 1. The molecule has 0 spiro atoms. The van der Waals surface area contributed by atoms with Crippen molar-refractivity contribution in [1.29, 1.82) is 0 Å². The third-order valence-electron chi connectivity index (χ3n) is 4.85. The Morgan fingerprint density at radius 1 is 1.15 bits per heavy atom. The number of H-pyrrole nitrogens is 1. The minimum absolute atomic E-state index is 0.0735. The molecule has 0 bridgehead atoms. The number of carbonyl (C=O) groups excluding carboxylic acids is 1. The van der Waals surface area contributed by atoms with Gasteiger partial charge < -0.3 is 14.6 Å². The van der Waals surface area contributed by atoms with E-state index in [1.165, 1.54) is 23.4 Å². The number of carbonyl (C=O) groups is 1. The standard InChI is InChI=1S/C20H20N2O4S/c1-27(24,25)15-8-6-14(7-9-15)26-13-20(23)22-11-10-19-17(12-22)16-4-2-3-5-18(16)21-19/h2-9,21H,10-13H2,1H3. The Bertz CT molecular complexity index is 1100. The summed E-state index contributed by atoms with van der Waals surface area (Å²) in [7, 11) is -3.24. The summed E-state index contributed by atoms with van der Waals surface area (Å²) in [6.45, 7) is 1.14. The van der Waals surface area contributed by atoms with Gasteiger partial charge in [-0.1, -0.05) is 18.2 Å². The summed E-state index contributed by atoms with van der Waals surface area (Å²) in [5.41, 5.74) is 3.46. The zero-order valence-electron chi connectivity index (χ0n) is 14.9. The van der Waals surface area contributed by atoms with Gasteiger partial charge in [-0.2, -0.15) is 0 Å². The highest BCUT2D eigenvalue weighted by atomic mass is 32.2. The van der Waals surface area contributed by atoms with Crippen molar-refractivity contribution in [2.24, 2.45) is 0 Å². The number of benzene rings is 2. The van der Waals surface area contributed by atoms with Gasteiger partial charge in [0.05, 0.1) is 4.90 Å². The maximum Gasteiger partial charge on any atom is 0.260 e. The molecule has 4 rings (SSSR count). The molecule has 2 aromatic carbocycles. The van der Waals surface area contributed by atoms with Gasteiger partial charge in [-0.05, 0) is 30.3 Å². The molecule has 140 valence electrons. The minimum Gasteiger partial charge on any atom is -0.484 e. The maximum absolute atomic E-state index is 12.6. The molecule has 1 N–H and O–H groups in total. The summed E-state index contributed by atoms with van der Waals surface area (Å²) in [5, 5.41) is 1.15. The van der Waals surface area contributed by atoms with Crippen molar-refractivity contribution >= 4 is 26.6 Å². The zero-order chi connectivity index (χ0) is 19.0. The van der Waals surface area contributed by atoms with Gasteiger partial charge in [-0.3, -0.25) is 4.79 Å². The van der Waals surface area contributed by atoms with Crippen molar-refractivity contribution in [1.82, 2.24) is 9.88 Å². The van der Waals surface area contributed by atoms with Crippen molar-refractivity contribution in [3.63, 3.8) is 0 Å². The minimum atomic E-state index is -3.24. The van der Waals surface area contributed by atoms with Gasteiger partial charge in [0.2, 0.25) is 0 Å². The molecular weight excluding hydrogens is 364 g/mol. The molecule has 1 aromatic heterocycles. The summed E-state index contributed by atoms with van der Waals surface area (Å²) in [4.78, 5) is 18.0. The van der Waals surface area contributed by atoms with E-state index in [1.807, 2.05) is 18.2 Å². The van der Waals surface area contributed by atoms with Gasteiger partial charge in [0, 0.05) is 47.9 Å². The van der Waals surface area contributed by atoms with Gasteiger partial charge in [-0.15, -0.1) is 0 Å². The first-order valence-electron chi connectivity index (χ1n) is 8.71. The third-order valence-corrected chi connectivity index (χ3v) is 5.98. The maximum atomic E-state index is 12.6. The van der Waals surface area contributed by atoms with E-state index in [4.69, 9.17) is 4.74 Å². The Hall–Kier alpha value is -2.80. The van der Waals surface area contributed by atoms with Crippen molar-refractivity contribution in [2.75, 3.05) is 19.4 Å². The summed E-state index contributed by atoms with van der Waals surface area (Å²) in [6.07, 6.45) is 1.94. The fourth-order valence-electron chi connectivity index (χ4n) is 3.40. The van der Waals surface area contributed by atoms with Gasteiger partial charge in [-0.25, -0.2) is 8.42 Å². The van der Waals surface area contributed by atoms with Crippen molar-refractivity contribution in [3.8, 4) is 5.75 Å². The first-order valence-corrected chi connectivity index (χ1v) is 10.6. The van der Waals surface area contributed by atoms with E-state index in [9.17, 15) is 13.2 Å². The molecule has 6 nitrogen and oxygen atoms in total. The van der Waals surface area contributed by atoms with Gasteiger partial charge >= 0.3 is 0 Å². The molecule has 0 unspecified atom stereocenters. The molecule has 3 aromatic rings. The van der Waals surface area contributed by atoms with E-state index in [0.29, 0.717) is 18.8 Å². The van der Waals surface area contributed by atoms with Crippen molar-refractivity contribution in [2.45, 2.75) is 17.9 Å². The molecule has 1 aliphatic rings. The van der Waals surface area contributed by atoms with Crippen LogP contribution in [-0.4, -0.2) is 43.6 Å². The van der Waals surface area contributed by atoms with Crippen LogP contribution < -0.4 is 4.74 Å². The molecule has 7 heteroatoms. The number of rotatable bonds is 4. The number of aromatic nitrogens is 1. The van der Waals surface area contributed by atoms with Crippen LogP contribution >= 0.6 is 0 Å². The number of fused-ring (bicyclic) bond motifs is 3. The van der Waals surface area contributed by atoms with E-state index in [2.05, 4.69) is 11.1 Å². The molecular formula is C20H20N2O4S. The van der Waals surface area contributed by atoms with Gasteiger partial charge in [0.25, 0.3) is 5.91 Å². The second-order valence-corrected chi connectivity index (χ2v) is 8.74. The SMILES string of the molecule is CS(=O)(=O)c1ccc(OCC(=O)N2CCc3[nH]c4ccccc4c3C2)cc1. The predicted octanol–water partition coefficient (Wildman–Crippen LogP) is 2.54. The summed E-state index contributed by atoms with van der Waals surface area (Å²) in [5.74, 6) is 0.388. The number of nitrogens with one attached hydrogen (secondary N) is 1. The highest BCUT2D eigenvalue weighted by molar-refractivity contribution is 7.90. The first-order chi connectivity index (χ1) is 12.9. The lowest BCUT2D eigenvalue weighted by molar-refractivity contribution is -0.134. The Morgan fingerprint density at radius 2 is 1.89 bits per heavy atom. The Balaban J connectivity index is 1.42. The average molecular weight is 384 g/mol. The van der Waals surface area contributed by atoms with Gasteiger partial charge in [0.1, 0.15) is 5.75 Å². The lowest BCUT2D eigenvalue weighted by Gasteiger charge is -2.27. The average Bonchev–Trinajstić information content (AvgIpc) is 3.03. The Labute approximate surface area is 157 Å². The zero-order valence-corrected chi connectivity index (χ0v) is 15.8. The van der Waals surface area contributed by atoms with E-state index in [-0.39, 0.29) is 17.4 Å². The third kappa shape index (κ3) is 3.55. The van der Waals surface area contributed by atoms with E-state index < -0.39 is 9.84 Å². The fourth-order valence-corrected chi connectivity index (χ4v) is 4.03. The smallest absolute Gasteiger partial charge is 0.260 e. The predicted molar refractivity (Wildman–Crippen MR) is 102 cm³/mol. The largest absolute Gasteiger partial charge is 0.484 e. The molecule has 0 aliphatic carbocycles. The number of aromatic amines is 1. The summed E-state index contributed by atoms with van der Waals surface area (Å²) < 4.78 is 28.5. The number of nitrogens with zero attached hydrogens (tertiary/aromatic N) is 1. The van der Waals surface area contributed by atoms with Crippen LogP contribution in [0.25, 0.3) is 10.9 Å². The highest BCUT2D eigenvalue weighted by Crippen LogP contribution is 2.27. The van der Waals surface area contributed by atoms with Crippen LogP contribution in [0, 0.1) is 0 Å². The second-order valence-electron chi connectivity index (χ2n) is 6.73. The van der Waals surface area contributed by atoms with E-state index in [0.717, 1.165) is 23.6 Å². The normalized spacial score (nSPS) is 14.2. The monoisotopic (exact) mass is 384 g/mol. The lowest BCUT2D eigenvalue weighted by Crippen LogP contribution is -2.38. The summed E-state index contributed by atoms with van der Waals surface area (Å²) in [6, 6.07) is 14.2. The van der Waals surface area contributed by atoms with Crippen LogP contribution in [0.3, 0.4) is 0 Å². The molecule has 0 fully saturated rings. The van der Waals surface area contributed by atoms with Gasteiger partial charge in [0.15, 0.2) is 16.4 Å². The molecule has 27 heavy (non-hydrogen) atoms. The van der Waals surface area contributed by atoms with Crippen LogP contribution in [-0.2, 0) is 27.6 Å². The van der Waals surface area contributed by atoms with Crippen LogP contribution in [0.15, 0.2) is 53.4 Å². The van der Waals surface area contributed by atoms with Crippen LogP contribution in [0.4, 0.5) is 0 Å². The molecule has 1 amide bonds. The Kier molecular flexibility index (Phi) is 4.39. The summed E-state index contributed by atoms with van der Waals surface area (Å²) >= 11 is 0. The number of sulfone groups is 1. The van der Waals surface area contributed by atoms with E-state index in [1.54, 1.807) is 17.0 Å².